The summed E-state index contributed by atoms with van der Waals surface area (Å²) in [6.45, 7) is 3.92. The molecule has 0 spiro atoms. The molecule has 2 unspecified atom stereocenters. The van der Waals surface area contributed by atoms with Crippen molar-refractivity contribution in [1.29, 1.82) is 0 Å². The number of amides is 1. The van der Waals surface area contributed by atoms with Crippen LogP contribution in [0.5, 0.6) is 0 Å². The zero-order valence-electron chi connectivity index (χ0n) is 13.8. The van der Waals surface area contributed by atoms with Gasteiger partial charge in [0.05, 0.1) is 11.8 Å². The first-order chi connectivity index (χ1) is 11.6. The minimum Gasteiger partial charge on any atom is -0.481 e. The van der Waals surface area contributed by atoms with Crippen LogP contribution in [0.25, 0.3) is 0 Å². The van der Waals surface area contributed by atoms with Crippen LogP contribution in [0.2, 0.25) is 0 Å². The smallest absolute Gasteiger partial charge is 0.307 e. The normalized spacial score (nSPS) is 24.8. The molecule has 1 saturated heterocycles. The minimum absolute atomic E-state index is 0.00566. The second-order valence-corrected chi connectivity index (χ2v) is 6.58. The van der Waals surface area contributed by atoms with Crippen molar-refractivity contribution < 1.29 is 14.7 Å². The number of rotatable bonds is 4. The number of hydrogen-bond acceptors (Lipinski definition) is 3. The summed E-state index contributed by atoms with van der Waals surface area (Å²) in [6, 6.07) is 10.3. The number of allylic oxidation sites excluding steroid dienone is 2. The third-order valence-electron chi connectivity index (χ3n) is 5.00. The van der Waals surface area contributed by atoms with E-state index in [1.807, 2.05) is 35.3 Å². The molecule has 3 rings (SSSR count). The van der Waals surface area contributed by atoms with Crippen LogP contribution in [-0.4, -0.2) is 53.0 Å². The van der Waals surface area contributed by atoms with Gasteiger partial charge in [0, 0.05) is 32.7 Å². The molecule has 2 aliphatic rings. The van der Waals surface area contributed by atoms with Crippen molar-refractivity contribution in [1.82, 2.24) is 9.80 Å². The minimum atomic E-state index is -0.861. The molecule has 128 valence electrons. The van der Waals surface area contributed by atoms with Crippen LogP contribution in [0, 0.1) is 11.8 Å². The fourth-order valence-corrected chi connectivity index (χ4v) is 3.56. The fraction of sp³-hybridized carbons (Fsp3) is 0.474. The van der Waals surface area contributed by atoms with Gasteiger partial charge in [0.15, 0.2) is 0 Å². The lowest BCUT2D eigenvalue weighted by molar-refractivity contribution is -0.151. The van der Waals surface area contributed by atoms with Crippen LogP contribution in [0.1, 0.15) is 18.4 Å². The maximum Gasteiger partial charge on any atom is 0.307 e. The number of carboxylic acid groups (broad SMARTS) is 1. The van der Waals surface area contributed by atoms with E-state index in [0.29, 0.717) is 25.9 Å². The van der Waals surface area contributed by atoms with E-state index in [0.717, 1.165) is 19.6 Å². The van der Waals surface area contributed by atoms with E-state index in [9.17, 15) is 14.7 Å². The highest BCUT2D eigenvalue weighted by molar-refractivity contribution is 5.85. The summed E-state index contributed by atoms with van der Waals surface area (Å²) >= 11 is 0. The highest BCUT2D eigenvalue weighted by Crippen LogP contribution is 2.28. The van der Waals surface area contributed by atoms with Gasteiger partial charge >= 0.3 is 5.97 Å². The Bertz CT molecular complexity index is 606. The van der Waals surface area contributed by atoms with Gasteiger partial charge in [-0.1, -0.05) is 42.5 Å². The highest BCUT2D eigenvalue weighted by atomic mass is 16.4. The first-order valence-electron chi connectivity index (χ1n) is 8.58. The average molecular weight is 328 g/mol. The molecule has 1 aromatic carbocycles. The summed E-state index contributed by atoms with van der Waals surface area (Å²) in [5.74, 6) is -1.84. The van der Waals surface area contributed by atoms with Crippen LogP contribution < -0.4 is 0 Å². The zero-order valence-corrected chi connectivity index (χ0v) is 13.8. The van der Waals surface area contributed by atoms with Crippen molar-refractivity contribution in [2.24, 2.45) is 11.8 Å². The third-order valence-corrected chi connectivity index (χ3v) is 5.00. The van der Waals surface area contributed by atoms with Crippen molar-refractivity contribution >= 4 is 11.9 Å². The lowest BCUT2D eigenvalue weighted by Crippen LogP contribution is -2.51. The van der Waals surface area contributed by atoms with Crippen LogP contribution >= 0.6 is 0 Å². The Hall–Kier alpha value is -2.14. The van der Waals surface area contributed by atoms with E-state index in [4.69, 9.17) is 0 Å². The van der Waals surface area contributed by atoms with Gasteiger partial charge in [0.1, 0.15) is 0 Å². The maximum atomic E-state index is 12.7. The lowest BCUT2D eigenvalue weighted by Gasteiger charge is -2.37. The molecule has 2 atom stereocenters. The van der Waals surface area contributed by atoms with Gasteiger partial charge in [-0.3, -0.25) is 14.5 Å². The van der Waals surface area contributed by atoms with E-state index in [-0.39, 0.29) is 5.91 Å². The number of hydrogen-bond donors (Lipinski definition) is 1. The SMILES string of the molecule is O=C(O)C1CC=CCC1C(=O)N1CCN(Cc2ccccc2)CC1. The summed E-state index contributed by atoms with van der Waals surface area (Å²) in [5, 5.41) is 9.35. The number of carbonyl (C=O) groups excluding carboxylic acids is 1. The zero-order chi connectivity index (χ0) is 16.9. The van der Waals surface area contributed by atoms with Gasteiger partial charge in [0.2, 0.25) is 5.91 Å². The Balaban J connectivity index is 1.55. The number of carboxylic acids is 1. The molecule has 0 bridgehead atoms. The number of carbonyl (C=O) groups is 2. The molecular weight excluding hydrogens is 304 g/mol. The molecule has 1 aliphatic carbocycles. The molecule has 1 heterocycles. The molecule has 5 heteroatoms. The summed E-state index contributed by atoms with van der Waals surface area (Å²) in [6.07, 6.45) is 4.81. The molecule has 0 radical (unpaired) electrons. The third kappa shape index (κ3) is 3.85. The van der Waals surface area contributed by atoms with Gasteiger partial charge < -0.3 is 10.0 Å². The fourth-order valence-electron chi connectivity index (χ4n) is 3.56. The van der Waals surface area contributed by atoms with E-state index in [1.54, 1.807) is 0 Å². The lowest BCUT2D eigenvalue weighted by atomic mass is 9.82. The van der Waals surface area contributed by atoms with Gasteiger partial charge in [-0.25, -0.2) is 0 Å². The second-order valence-electron chi connectivity index (χ2n) is 6.58. The van der Waals surface area contributed by atoms with E-state index < -0.39 is 17.8 Å². The van der Waals surface area contributed by atoms with Crippen LogP contribution in [-0.2, 0) is 16.1 Å². The predicted octanol–water partition coefficient (Wildman–Crippen LogP) is 2.00. The van der Waals surface area contributed by atoms with Crippen molar-refractivity contribution in [2.75, 3.05) is 26.2 Å². The Kier molecular flexibility index (Phi) is 5.30. The molecule has 1 amide bonds. The number of piperazine rings is 1. The summed E-state index contributed by atoms with van der Waals surface area (Å²) in [7, 11) is 0. The quantitative estimate of drug-likeness (QED) is 0.859. The summed E-state index contributed by atoms with van der Waals surface area (Å²) in [4.78, 5) is 28.3. The number of aliphatic carboxylic acids is 1. The van der Waals surface area contributed by atoms with Crippen molar-refractivity contribution in [3.8, 4) is 0 Å². The second kappa shape index (κ2) is 7.62. The molecule has 5 nitrogen and oxygen atoms in total. The summed E-state index contributed by atoms with van der Waals surface area (Å²) in [5.41, 5.74) is 1.28. The molecule has 24 heavy (non-hydrogen) atoms. The molecule has 1 N–H and O–H groups in total. The average Bonchev–Trinajstić information content (AvgIpc) is 2.62. The Morgan fingerprint density at radius 2 is 1.58 bits per heavy atom. The monoisotopic (exact) mass is 328 g/mol. The molecule has 1 fully saturated rings. The van der Waals surface area contributed by atoms with Gasteiger partial charge in [-0.15, -0.1) is 0 Å². The van der Waals surface area contributed by atoms with E-state index in [2.05, 4.69) is 17.0 Å². The standard InChI is InChI=1S/C19H24N2O3/c22-18(16-8-4-5-9-17(16)19(23)24)21-12-10-20(11-13-21)14-15-6-2-1-3-7-15/h1-7,16-17H,8-14H2,(H,23,24). The Morgan fingerprint density at radius 3 is 2.21 bits per heavy atom. The van der Waals surface area contributed by atoms with E-state index in [1.165, 1.54) is 5.56 Å². The molecular formula is C19H24N2O3. The van der Waals surface area contributed by atoms with Crippen LogP contribution in [0.15, 0.2) is 42.5 Å². The van der Waals surface area contributed by atoms with Gasteiger partial charge in [-0.05, 0) is 18.4 Å². The van der Waals surface area contributed by atoms with Crippen molar-refractivity contribution in [3.05, 3.63) is 48.0 Å². The molecule has 1 aromatic rings. The molecule has 0 aromatic heterocycles. The first kappa shape index (κ1) is 16.7. The number of nitrogens with zero attached hydrogens (tertiary/aromatic N) is 2. The number of benzene rings is 1. The first-order valence-corrected chi connectivity index (χ1v) is 8.58. The van der Waals surface area contributed by atoms with Crippen molar-refractivity contribution in [2.45, 2.75) is 19.4 Å². The Morgan fingerprint density at radius 1 is 0.958 bits per heavy atom. The Labute approximate surface area is 142 Å². The molecule has 1 aliphatic heterocycles. The predicted molar refractivity (Wildman–Crippen MR) is 91.3 cm³/mol. The van der Waals surface area contributed by atoms with Crippen molar-refractivity contribution in [3.63, 3.8) is 0 Å². The largest absolute Gasteiger partial charge is 0.481 e. The van der Waals surface area contributed by atoms with Gasteiger partial charge in [0.25, 0.3) is 0 Å². The topological polar surface area (TPSA) is 60.9 Å². The van der Waals surface area contributed by atoms with E-state index >= 15 is 0 Å². The summed E-state index contributed by atoms with van der Waals surface area (Å²) < 4.78 is 0. The maximum absolute atomic E-state index is 12.7. The van der Waals surface area contributed by atoms with Gasteiger partial charge in [-0.2, -0.15) is 0 Å². The van der Waals surface area contributed by atoms with Crippen LogP contribution in [0.4, 0.5) is 0 Å². The highest BCUT2D eigenvalue weighted by Gasteiger charge is 2.37. The molecule has 0 saturated carbocycles. The van der Waals surface area contributed by atoms with Crippen LogP contribution in [0.3, 0.4) is 0 Å².